The molecule has 0 unspecified atom stereocenters. The quantitative estimate of drug-likeness (QED) is 0.127. The molecule has 0 atom stereocenters. The first-order valence-corrected chi connectivity index (χ1v) is 22.2. The molecule has 0 aliphatic heterocycles. The third-order valence-corrected chi connectivity index (χ3v) is 12.3. The largest absolute Gasteiger partial charge is 0.309 e. The average molecular weight is 829 g/mol. The molecular weight excluding hydrogens is 785 g/mol. The van der Waals surface area contributed by atoms with Gasteiger partial charge in [0.05, 0.1) is 22.7 Å². The second-order valence-electron chi connectivity index (χ2n) is 16.2. The lowest BCUT2D eigenvalue weighted by atomic mass is 9.95. The van der Waals surface area contributed by atoms with Crippen LogP contribution in [0.3, 0.4) is 0 Å². The Morgan fingerprint density at radius 3 is 1.31 bits per heavy atom. The van der Waals surface area contributed by atoms with E-state index in [4.69, 9.17) is 0 Å². The molecule has 0 heterocycles. The first-order valence-electron chi connectivity index (χ1n) is 22.2. The summed E-state index contributed by atoms with van der Waals surface area (Å²) in [5, 5.41) is 4.77. The van der Waals surface area contributed by atoms with E-state index in [9.17, 15) is 0 Å². The summed E-state index contributed by atoms with van der Waals surface area (Å²) in [6.45, 7) is 0. The molecule has 1 aliphatic carbocycles. The molecule has 0 N–H and O–H groups in total. The van der Waals surface area contributed by atoms with Crippen LogP contribution >= 0.6 is 0 Å². The maximum absolute atomic E-state index is 3.43. The molecule has 0 bridgehead atoms. The van der Waals surface area contributed by atoms with Crippen molar-refractivity contribution in [2.45, 2.75) is 0 Å². The summed E-state index contributed by atoms with van der Waals surface area (Å²) < 4.78 is 0. The van der Waals surface area contributed by atoms with Gasteiger partial charge in [0.1, 0.15) is 0 Å². The monoisotopic (exact) mass is 828 g/mol. The van der Waals surface area contributed by atoms with Gasteiger partial charge in [-0.3, -0.25) is 0 Å². The third kappa shape index (κ3) is 7.76. The highest BCUT2D eigenvalue weighted by Gasteiger charge is 2.22. The molecule has 10 aromatic carbocycles. The fourth-order valence-electron chi connectivity index (χ4n) is 9.16. The average Bonchev–Trinajstić information content (AvgIpc) is 3.68. The van der Waals surface area contributed by atoms with E-state index in [2.05, 4.69) is 264 Å². The highest BCUT2D eigenvalue weighted by molar-refractivity contribution is 6.03. The number of nitrogens with zero attached hydrogens (tertiary/aromatic N) is 2. The van der Waals surface area contributed by atoms with E-state index in [1.54, 1.807) is 0 Å². The van der Waals surface area contributed by atoms with Crippen molar-refractivity contribution in [1.29, 1.82) is 0 Å². The zero-order valence-electron chi connectivity index (χ0n) is 35.8. The Hall–Kier alpha value is -8.68. The van der Waals surface area contributed by atoms with Crippen LogP contribution in [0, 0.1) is 0 Å². The van der Waals surface area contributed by atoms with Gasteiger partial charge >= 0.3 is 0 Å². The minimum atomic E-state index is 1.05. The van der Waals surface area contributed by atoms with Crippen LogP contribution in [0.2, 0.25) is 0 Å². The molecule has 0 saturated heterocycles. The molecular formula is C63H44N2. The minimum absolute atomic E-state index is 1.05. The van der Waals surface area contributed by atoms with Gasteiger partial charge in [-0.15, -0.1) is 5.73 Å². The lowest BCUT2D eigenvalue weighted by Crippen LogP contribution is -2.12. The van der Waals surface area contributed by atoms with E-state index in [1.807, 2.05) is 18.2 Å². The van der Waals surface area contributed by atoms with Crippen molar-refractivity contribution in [2.24, 2.45) is 0 Å². The van der Waals surface area contributed by atoms with Crippen LogP contribution in [0.1, 0.15) is 5.56 Å². The molecule has 10 aromatic rings. The van der Waals surface area contributed by atoms with Gasteiger partial charge in [-0.25, -0.2) is 0 Å². The normalized spacial score (nSPS) is 12.0. The zero-order chi connectivity index (χ0) is 43.4. The predicted molar refractivity (Wildman–Crippen MR) is 277 cm³/mol. The van der Waals surface area contributed by atoms with E-state index in [-0.39, 0.29) is 0 Å². The second-order valence-corrected chi connectivity index (χ2v) is 16.2. The fourth-order valence-corrected chi connectivity index (χ4v) is 9.16. The Kier molecular flexibility index (Phi) is 10.6. The van der Waals surface area contributed by atoms with Crippen LogP contribution in [0.25, 0.3) is 60.5 Å². The molecule has 306 valence electrons. The van der Waals surface area contributed by atoms with Crippen LogP contribution in [0.5, 0.6) is 0 Å². The number of hydrogen-bond donors (Lipinski definition) is 0. The van der Waals surface area contributed by atoms with Crippen molar-refractivity contribution in [3.63, 3.8) is 0 Å². The Bertz CT molecular complexity index is 3450. The lowest BCUT2D eigenvalue weighted by Gasteiger charge is -2.30. The van der Waals surface area contributed by atoms with Gasteiger partial charge in [-0.05, 0) is 105 Å². The van der Waals surface area contributed by atoms with Crippen molar-refractivity contribution >= 4 is 61.2 Å². The molecule has 0 saturated carbocycles. The van der Waals surface area contributed by atoms with Gasteiger partial charge in [0.2, 0.25) is 0 Å². The summed E-state index contributed by atoms with van der Waals surface area (Å²) in [6.07, 6.45) is 10.2. The summed E-state index contributed by atoms with van der Waals surface area (Å²) in [7, 11) is 0. The second kappa shape index (κ2) is 17.6. The van der Waals surface area contributed by atoms with Crippen molar-refractivity contribution in [3.8, 4) is 33.4 Å². The molecule has 0 radical (unpaired) electrons. The third-order valence-electron chi connectivity index (χ3n) is 12.3. The Morgan fingerprint density at radius 1 is 0.292 bits per heavy atom. The topological polar surface area (TPSA) is 6.48 Å². The number of hydrogen-bond acceptors (Lipinski definition) is 2. The Labute approximate surface area is 381 Å². The molecule has 0 spiro atoms. The maximum Gasteiger partial charge on any atom is 0.0540 e. The van der Waals surface area contributed by atoms with Crippen molar-refractivity contribution in [3.05, 3.63) is 278 Å². The van der Waals surface area contributed by atoms with E-state index < -0.39 is 0 Å². The minimum Gasteiger partial charge on any atom is -0.309 e. The summed E-state index contributed by atoms with van der Waals surface area (Å²) in [4.78, 5) is 4.84. The van der Waals surface area contributed by atoms with E-state index >= 15 is 0 Å². The summed E-state index contributed by atoms with van der Waals surface area (Å²) in [5.74, 6) is 0. The number of allylic oxidation sites excluding steroid dienone is 5. The molecule has 0 aromatic heterocycles. The van der Waals surface area contributed by atoms with Crippen LogP contribution in [0.4, 0.5) is 34.1 Å². The van der Waals surface area contributed by atoms with Gasteiger partial charge in [-0.1, -0.05) is 200 Å². The predicted octanol–water partition coefficient (Wildman–Crippen LogP) is 17.6. The zero-order valence-corrected chi connectivity index (χ0v) is 35.8. The molecule has 2 heteroatoms. The van der Waals surface area contributed by atoms with E-state index in [1.165, 1.54) is 32.7 Å². The van der Waals surface area contributed by atoms with Crippen molar-refractivity contribution in [2.75, 3.05) is 9.80 Å². The van der Waals surface area contributed by atoms with Gasteiger partial charge < -0.3 is 9.80 Å². The number of anilines is 6. The van der Waals surface area contributed by atoms with Crippen LogP contribution in [-0.4, -0.2) is 0 Å². The Balaban J connectivity index is 1.05. The van der Waals surface area contributed by atoms with Crippen molar-refractivity contribution < 1.29 is 0 Å². The molecule has 65 heavy (non-hydrogen) atoms. The van der Waals surface area contributed by atoms with Crippen LogP contribution < -0.4 is 9.80 Å². The molecule has 1 aliphatic rings. The summed E-state index contributed by atoms with van der Waals surface area (Å²) >= 11 is 0. The number of fused-ring (bicyclic) bond motifs is 2. The first kappa shape index (κ1) is 39.2. The highest BCUT2D eigenvalue weighted by atomic mass is 15.2. The molecule has 11 rings (SSSR count). The standard InChI is InChI=1S/C63H44N2/c1-2-5-20-46(19-4-1)48-37-41-54(42-38-48)64(62-35-17-25-50-23-8-10-29-56(50)62)60-33-14-12-31-58(60)52-27-16-28-53(45-52)59-32-13-15-34-61(59)65(63-36-18-26-51-24-9-11-30-57(51)63)55-43-39-49(40-44-55)47-21-6-3-7-22-47/h1-19,21-45H. The highest BCUT2D eigenvalue weighted by Crippen LogP contribution is 2.47. The molecule has 2 nitrogen and oxygen atoms in total. The van der Waals surface area contributed by atoms with Crippen molar-refractivity contribution in [1.82, 2.24) is 0 Å². The van der Waals surface area contributed by atoms with Gasteiger partial charge in [-0.2, -0.15) is 0 Å². The smallest absolute Gasteiger partial charge is 0.0540 e. The first-order chi connectivity index (χ1) is 32.3. The number of para-hydroxylation sites is 2. The van der Waals surface area contributed by atoms with E-state index in [0.717, 1.165) is 67.5 Å². The SMILES string of the molecule is C1=CC=CC=CC=1c1ccc(N(c2ccccc2-c2cccc(-c3ccccc3N(c3ccc(-c4ccccc4)cc3)c3cccc4ccccc34)c2)c2cccc3ccccc23)cc1. The molecule has 0 fully saturated rings. The van der Waals surface area contributed by atoms with Gasteiger partial charge in [0.25, 0.3) is 0 Å². The molecule has 0 amide bonds. The van der Waals surface area contributed by atoms with Gasteiger partial charge in [0, 0.05) is 38.8 Å². The van der Waals surface area contributed by atoms with Crippen LogP contribution in [0.15, 0.2) is 273 Å². The fraction of sp³-hybridized carbons (Fsp3) is 0. The number of benzene rings is 10. The lowest BCUT2D eigenvalue weighted by molar-refractivity contribution is 1.29. The number of rotatable bonds is 10. The van der Waals surface area contributed by atoms with E-state index in [0.29, 0.717) is 0 Å². The maximum atomic E-state index is 3.43. The van der Waals surface area contributed by atoms with Crippen LogP contribution in [-0.2, 0) is 0 Å². The Morgan fingerprint density at radius 2 is 0.723 bits per heavy atom. The van der Waals surface area contributed by atoms with Gasteiger partial charge in [0.15, 0.2) is 0 Å². The summed E-state index contributed by atoms with van der Waals surface area (Å²) in [6, 6.07) is 85.6. The summed E-state index contributed by atoms with van der Waals surface area (Å²) in [5.41, 5.74) is 19.1.